The summed E-state index contributed by atoms with van der Waals surface area (Å²) in [7, 11) is 0. The van der Waals surface area contributed by atoms with Crippen LogP contribution in [-0.2, 0) is 9.47 Å². The summed E-state index contributed by atoms with van der Waals surface area (Å²) < 4.78 is 11.5. The predicted molar refractivity (Wildman–Crippen MR) is 71.4 cm³/mol. The molecule has 0 radical (unpaired) electrons. The lowest BCUT2D eigenvalue weighted by atomic mass is 10.1. The first-order chi connectivity index (χ1) is 8.24. The lowest BCUT2D eigenvalue weighted by Crippen LogP contribution is -2.41. The Hall–Kier alpha value is -0.120. The van der Waals surface area contributed by atoms with E-state index in [1.807, 2.05) is 0 Å². The van der Waals surface area contributed by atoms with Gasteiger partial charge in [-0.15, -0.1) is 0 Å². The van der Waals surface area contributed by atoms with Gasteiger partial charge in [0.2, 0.25) is 0 Å². The monoisotopic (exact) mass is 243 g/mol. The summed E-state index contributed by atoms with van der Waals surface area (Å²) in [6.45, 7) is 8.77. The van der Waals surface area contributed by atoms with Crippen LogP contribution in [0.4, 0.5) is 0 Å². The van der Waals surface area contributed by atoms with Crippen LogP contribution in [0.5, 0.6) is 0 Å². The van der Waals surface area contributed by atoms with Gasteiger partial charge in [0.1, 0.15) is 0 Å². The molecule has 0 heterocycles. The Balaban J connectivity index is 2.25. The molecule has 1 rings (SSSR count). The van der Waals surface area contributed by atoms with Gasteiger partial charge in [0.05, 0.1) is 25.4 Å². The van der Waals surface area contributed by atoms with Crippen LogP contribution >= 0.6 is 0 Å². The summed E-state index contributed by atoms with van der Waals surface area (Å²) in [5, 5.41) is 3.56. The van der Waals surface area contributed by atoms with Crippen LogP contribution in [0.2, 0.25) is 0 Å². The molecule has 17 heavy (non-hydrogen) atoms. The van der Waals surface area contributed by atoms with Gasteiger partial charge in [-0.3, -0.25) is 0 Å². The van der Waals surface area contributed by atoms with Crippen molar-refractivity contribution < 1.29 is 9.47 Å². The SMILES string of the molecule is CCNC1CCCCCC1OCCOC(C)C. The first-order valence-corrected chi connectivity index (χ1v) is 7.20. The fourth-order valence-corrected chi connectivity index (χ4v) is 2.45. The van der Waals surface area contributed by atoms with Gasteiger partial charge in [0.25, 0.3) is 0 Å². The average Bonchev–Trinajstić information content (AvgIpc) is 2.51. The Labute approximate surface area is 106 Å². The summed E-state index contributed by atoms with van der Waals surface area (Å²) in [5.41, 5.74) is 0. The fraction of sp³-hybridized carbons (Fsp3) is 1.00. The molecule has 1 aliphatic carbocycles. The summed E-state index contributed by atoms with van der Waals surface area (Å²) in [4.78, 5) is 0. The van der Waals surface area contributed by atoms with E-state index in [0.717, 1.165) is 13.2 Å². The molecule has 0 aromatic heterocycles. The highest BCUT2D eigenvalue weighted by Crippen LogP contribution is 2.20. The first kappa shape index (κ1) is 14.9. The molecule has 3 heteroatoms. The normalized spacial score (nSPS) is 26.1. The molecule has 0 aliphatic heterocycles. The van der Waals surface area contributed by atoms with Gasteiger partial charge in [-0.25, -0.2) is 0 Å². The van der Waals surface area contributed by atoms with E-state index in [2.05, 4.69) is 26.1 Å². The van der Waals surface area contributed by atoms with Gasteiger partial charge in [-0.05, 0) is 33.2 Å². The van der Waals surface area contributed by atoms with E-state index in [0.29, 0.717) is 24.9 Å². The summed E-state index contributed by atoms with van der Waals surface area (Å²) in [6, 6.07) is 0.543. The van der Waals surface area contributed by atoms with Crippen molar-refractivity contribution in [3.8, 4) is 0 Å². The van der Waals surface area contributed by atoms with Gasteiger partial charge >= 0.3 is 0 Å². The zero-order valence-electron chi connectivity index (χ0n) is 11.7. The minimum Gasteiger partial charge on any atom is -0.376 e. The maximum Gasteiger partial charge on any atom is 0.0729 e. The number of hydrogen-bond donors (Lipinski definition) is 1. The van der Waals surface area contributed by atoms with Crippen molar-refractivity contribution in [1.29, 1.82) is 0 Å². The van der Waals surface area contributed by atoms with Crippen LogP contribution in [-0.4, -0.2) is 38.0 Å². The van der Waals surface area contributed by atoms with E-state index < -0.39 is 0 Å². The van der Waals surface area contributed by atoms with Crippen LogP contribution < -0.4 is 5.32 Å². The molecule has 2 unspecified atom stereocenters. The topological polar surface area (TPSA) is 30.5 Å². The Kier molecular flexibility index (Phi) is 7.82. The number of rotatable bonds is 7. The molecule has 0 bridgehead atoms. The number of ether oxygens (including phenoxy) is 2. The lowest BCUT2D eigenvalue weighted by Gasteiger charge is -2.26. The van der Waals surface area contributed by atoms with Crippen LogP contribution in [0.1, 0.15) is 52.9 Å². The van der Waals surface area contributed by atoms with Crippen molar-refractivity contribution in [2.75, 3.05) is 19.8 Å². The van der Waals surface area contributed by atoms with Crippen molar-refractivity contribution in [3.63, 3.8) is 0 Å². The van der Waals surface area contributed by atoms with Crippen LogP contribution in [0.25, 0.3) is 0 Å². The maximum atomic E-state index is 5.99. The molecule has 1 saturated carbocycles. The van der Waals surface area contributed by atoms with E-state index >= 15 is 0 Å². The fourth-order valence-electron chi connectivity index (χ4n) is 2.45. The highest BCUT2D eigenvalue weighted by atomic mass is 16.5. The van der Waals surface area contributed by atoms with Gasteiger partial charge in [-0.2, -0.15) is 0 Å². The van der Waals surface area contributed by atoms with Crippen LogP contribution in [0.3, 0.4) is 0 Å². The van der Waals surface area contributed by atoms with E-state index in [9.17, 15) is 0 Å². The Morgan fingerprint density at radius 2 is 1.88 bits per heavy atom. The minimum absolute atomic E-state index is 0.303. The molecular formula is C14H29NO2. The number of nitrogens with one attached hydrogen (secondary N) is 1. The zero-order chi connectivity index (χ0) is 12.5. The van der Waals surface area contributed by atoms with Gasteiger partial charge in [-0.1, -0.05) is 26.2 Å². The van der Waals surface area contributed by atoms with Crippen LogP contribution in [0.15, 0.2) is 0 Å². The molecule has 0 aromatic carbocycles. The molecule has 1 aliphatic rings. The van der Waals surface area contributed by atoms with E-state index in [1.165, 1.54) is 32.1 Å². The molecule has 0 amide bonds. The average molecular weight is 243 g/mol. The molecule has 1 N–H and O–H groups in total. The Morgan fingerprint density at radius 3 is 2.59 bits per heavy atom. The van der Waals surface area contributed by atoms with Gasteiger partial charge in [0, 0.05) is 6.04 Å². The largest absolute Gasteiger partial charge is 0.376 e. The van der Waals surface area contributed by atoms with Gasteiger partial charge < -0.3 is 14.8 Å². The molecule has 2 atom stereocenters. The second-order valence-electron chi connectivity index (χ2n) is 5.13. The van der Waals surface area contributed by atoms with Crippen molar-refractivity contribution in [2.45, 2.75) is 71.1 Å². The lowest BCUT2D eigenvalue weighted by molar-refractivity contribution is -0.0272. The first-order valence-electron chi connectivity index (χ1n) is 7.20. The van der Waals surface area contributed by atoms with Crippen molar-refractivity contribution in [2.24, 2.45) is 0 Å². The van der Waals surface area contributed by atoms with E-state index in [4.69, 9.17) is 9.47 Å². The quantitative estimate of drug-likeness (QED) is 0.551. The highest BCUT2D eigenvalue weighted by molar-refractivity contribution is 4.79. The second kappa shape index (κ2) is 8.90. The number of likely N-dealkylation sites (N-methyl/N-ethyl adjacent to an activating group) is 1. The van der Waals surface area contributed by atoms with E-state index in [1.54, 1.807) is 0 Å². The predicted octanol–water partition coefficient (Wildman–Crippen LogP) is 2.74. The van der Waals surface area contributed by atoms with Crippen molar-refractivity contribution >= 4 is 0 Å². The second-order valence-corrected chi connectivity index (χ2v) is 5.13. The zero-order valence-corrected chi connectivity index (χ0v) is 11.7. The third-order valence-electron chi connectivity index (χ3n) is 3.29. The Bertz CT molecular complexity index is 185. The highest BCUT2D eigenvalue weighted by Gasteiger charge is 2.23. The number of hydrogen-bond acceptors (Lipinski definition) is 3. The third kappa shape index (κ3) is 6.39. The summed E-state index contributed by atoms with van der Waals surface area (Å²) >= 11 is 0. The molecule has 3 nitrogen and oxygen atoms in total. The molecule has 0 aromatic rings. The molecule has 1 fully saturated rings. The minimum atomic E-state index is 0.303. The molecule has 0 saturated heterocycles. The van der Waals surface area contributed by atoms with E-state index in [-0.39, 0.29) is 0 Å². The standard InChI is InChI=1S/C14H29NO2/c1-4-15-13-8-6-5-7-9-14(13)17-11-10-16-12(2)3/h12-15H,4-11H2,1-3H3. The smallest absolute Gasteiger partial charge is 0.0729 e. The summed E-state index contributed by atoms with van der Waals surface area (Å²) in [6.07, 6.45) is 7.12. The van der Waals surface area contributed by atoms with Gasteiger partial charge in [0.15, 0.2) is 0 Å². The Morgan fingerprint density at radius 1 is 1.12 bits per heavy atom. The third-order valence-corrected chi connectivity index (χ3v) is 3.29. The molecule has 0 spiro atoms. The van der Waals surface area contributed by atoms with Crippen LogP contribution in [0, 0.1) is 0 Å². The van der Waals surface area contributed by atoms with Crippen molar-refractivity contribution in [1.82, 2.24) is 5.32 Å². The molecular weight excluding hydrogens is 214 g/mol. The maximum absolute atomic E-state index is 5.99. The molecule has 102 valence electrons. The summed E-state index contributed by atoms with van der Waals surface area (Å²) in [5.74, 6) is 0. The van der Waals surface area contributed by atoms with Crippen molar-refractivity contribution in [3.05, 3.63) is 0 Å².